The van der Waals surface area contributed by atoms with Crippen LogP contribution >= 0.6 is 11.6 Å². The third-order valence-corrected chi connectivity index (χ3v) is 7.01. The second kappa shape index (κ2) is 13.9. The summed E-state index contributed by atoms with van der Waals surface area (Å²) in [6.45, 7) is 5.40. The van der Waals surface area contributed by atoms with Gasteiger partial charge in [-0.3, -0.25) is 10.2 Å². The zero-order valence-corrected chi connectivity index (χ0v) is 24.3. The lowest BCUT2D eigenvalue weighted by molar-refractivity contribution is -0.139. The number of likely N-dealkylation sites (N-methyl/N-ethyl adjacent to an activating group) is 1. The lowest BCUT2D eigenvalue weighted by atomic mass is 10.1. The van der Waals surface area contributed by atoms with E-state index in [0.717, 1.165) is 31.9 Å². The lowest BCUT2D eigenvalue weighted by Gasteiger charge is -2.34. The zero-order valence-electron chi connectivity index (χ0n) is 23.6. The normalized spacial score (nSPS) is 13.4. The van der Waals surface area contributed by atoms with Crippen LogP contribution in [0.25, 0.3) is 0 Å². The van der Waals surface area contributed by atoms with E-state index in [2.05, 4.69) is 27.5 Å². The van der Waals surface area contributed by atoms with Gasteiger partial charge in [-0.2, -0.15) is 0 Å². The monoisotopic (exact) mass is 594 g/mol. The van der Waals surface area contributed by atoms with E-state index in [1.54, 1.807) is 42.5 Å². The predicted octanol–water partition coefficient (Wildman–Crippen LogP) is 4.10. The molecule has 1 aliphatic rings. The Labute approximate surface area is 249 Å². The smallest absolute Gasteiger partial charge is 0.341 e. The number of nitrogens with zero attached hydrogens (tertiary/aromatic N) is 2. The molecule has 1 aliphatic heterocycles. The third-order valence-electron chi connectivity index (χ3n) is 6.77. The number of benzene rings is 3. The minimum Gasteiger partial charge on any atom is -0.490 e. The number of rotatable bonds is 12. The molecule has 0 unspecified atom stereocenters. The van der Waals surface area contributed by atoms with Crippen LogP contribution in [0.1, 0.15) is 28.4 Å². The molecule has 3 aromatic carbocycles. The van der Waals surface area contributed by atoms with Gasteiger partial charge in [0.2, 0.25) is 0 Å². The van der Waals surface area contributed by atoms with Crippen molar-refractivity contribution in [3.63, 3.8) is 0 Å². The number of aliphatic carboxylic acids is 1. The number of hydrogen-bond donors (Lipinski definition) is 5. The van der Waals surface area contributed by atoms with E-state index >= 15 is 0 Å². The van der Waals surface area contributed by atoms with E-state index < -0.39 is 12.6 Å². The maximum absolute atomic E-state index is 13.3. The molecule has 1 amide bonds. The summed E-state index contributed by atoms with van der Waals surface area (Å²) < 4.78 is 11.6. The molecule has 0 aliphatic carbocycles. The summed E-state index contributed by atoms with van der Waals surface area (Å²) in [6, 6.07) is 15.4. The summed E-state index contributed by atoms with van der Waals surface area (Å²) in [6.07, 6.45) is 0. The number of nitrogens with one attached hydrogen (secondary N) is 3. The molecule has 6 N–H and O–H groups in total. The summed E-state index contributed by atoms with van der Waals surface area (Å²) in [7, 11) is 2.09. The Bertz CT molecular complexity index is 1440. The molecule has 0 radical (unpaired) electrons. The van der Waals surface area contributed by atoms with Crippen molar-refractivity contribution in [2.75, 3.05) is 62.0 Å². The molecule has 222 valence electrons. The molecular weight excluding hydrogens is 560 g/mol. The van der Waals surface area contributed by atoms with Crippen molar-refractivity contribution in [3.8, 4) is 11.5 Å². The van der Waals surface area contributed by atoms with E-state index in [4.69, 9.17) is 32.2 Å². The first-order valence-electron chi connectivity index (χ1n) is 13.5. The molecule has 0 atom stereocenters. The number of hydrogen-bond acceptors (Lipinski definition) is 8. The largest absolute Gasteiger partial charge is 0.490 e. The molecule has 1 fully saturated rings. The minimum atomic E-state index is -1.10. The van der Waals surface area contributed by atoms with Crippen LogP contribution in [0.4, 0.5) is 17.1 Å². The molecule has 11 nitrogen and oxygen atoms in total. The highest BCUT2D eigenvalue weighted by molar-refractivity contribution is 6.31. The quantitative estimate of drug-likeness (QED) is 0.154. The van der Waals surface area contributed by atoms with Gasteiger partial charge in [0.25, 0.3) is 5.91 Å². The second-order valence-electron chi connectivity index (χ2n) is 9.83. The van der Waals surface area contributed by atoms with Crippen LogP contribution in [-0.4, -0.2) is 74.2 Å². The van der Waals surface area contributed by atoms with Crippen LogP contribution in [0.15, 0.2) is 54.6 Å². The maximum Gasteiger partial charge on any atom is 0.341 e. The summed E-state index contributed by atoms with van der Waals surface area (Å²) in [5, 5.41) is 23.4. The fourth-order valence-corrected chi connectivity index (χ4v) is 4.74. The van der Waals surface area contributed by atoms with E-state index in [9.17, 15) is 14.7 Å². The number of anilines is 3. The van der Waals surface area contributed by atoms with Crippen LogP contribution in [-0.2, 0) is 11.3 Å². The summed E-state index contributed by atoms with van der Waals surface area (Å²) in [5.74, 6) is -0.776. The molecule has 1 saturated heterocycles. The van der Waals surface area contributed by atoms with Gasteiger partial charge in [-0.1, -0.05) is 11.6 Å². The first kappa shape index (κ1) is 30.5. The molecule has 12 heteroatoms. The number of carbonyl (C=O) groups excluding carboxylic acids is 1. The number of carboxylic acid groups (broad SMARTS) is 1. The molecule has 42 heavy (non-hydrogen) atoms. The van der Waals surface area contributed by atoms with E-state index in [-0.39, 0.29) is 18.3 Å². The Kier molecular flexibility index (Phi) is 10.1. The number of amides is 1. The van der Waals surface area contributed by atoms with E-state index in [1.807, 2.05) is 19.1 Å². The van der Waals surface area contributed by atoms with Crippen molar-refractivity contribution >= 4 is 46.4 Å². The lowest BCUT2D eigenvalue weighted by Crippen LogP contribution is -2.44. The van der Waals surface area contributed by atoms with Gasteiger partial charge in [0, 0.05) is 72.0 Å². The highest BCUT2D eigenvalue weighted by Gasteiger charge is 2.21. The van der Waals surface area contributed by atoms with Crippen molar-refractivity contribution in [2.45, 2.75) is 13.5 Å². The number of carbonyl (C=O) groups is 2. The Hall–Kier alpha value is -4.48. The maximum atomic E-state index is 13.3. The van der Waals surface area contributed by atoms with Crippen molar-refractivity contribution in [1.82, 2.24) is 4.90 Å². The molecule has 3 aromatic rings. The van der Waals surface area contributed by atoms with Crippen LogP contribution < -0.4 is 30.7 Å². The van der Waals surface area contributed by atoms with Crippen molar-refractivity contribution < 1.29 is 24.2 Å². The first-order chi connectivity index (χ1) is 20.1. The minimum absolute atomic E-state index is 0.0647. The fourth-order valence-electron chi connectivity index (χ4n) is 4.56. The number of ether oxygens (including phenoxy) is 2. The van der Waals surface area contributed by atoms with Gasteiger partial charge in [0.1, 0.15) is 5.84 Å². The van der Waals surface area contributed by atoms with Crippen molar-refractivity contribution in [3.05, 3.63) is 76.3 Å². The summed E-state index contributed by atoms with van der Waals surface area (Å²) in [5.41, 5.74) is 9.05. The van der Waals surface area contributed by atoms with E-state index in [1.165, 1.54) is 0 Å². The SMILES string of the molecule is CCOc1cc(N2CCN(C)CC2)cc(CNc2ccc(Cl)cc2C(=O)Nc2ccc(C(=N)N)cc2)c1OCC(=O)O. The van der Waals surface area contributed by atoms with Crippen molar-refractivity contribution in [1.29, 1.82) is 5.41 Å². The number of amidine groups is 1. The Morgan fingerprint density at radius 1 is 1.05 bits per heavy atom. The average Bonchev–Trinajstić information content (AvgIpc) is 2.96. The van der Waals surface area contributed by atoms with Crippen LogP contribution in [0.2, 0.25) is 5.02 Å². The van der Waals surface area contributed by atoms with Gasteiger partial charge in [-0.15, -0.1) is 0 Å². The molecule has 4 rings (SSSR count). The van der Waals surface area contributed by atoms with Crippen LogP contribution in [0.3, 0.4) is 0 Å². The van der Waals surface area contributed by atoms with Crippen LogP contribution in [0, 0.1) is 5.41 Å². The van der Waals surface area contributed by atoms with Crippen molar-refractivity contribution in [2.24, 2.45) is 5.73 Å². The topological polar surface area (TPSA) is 153 Å². The van der Waals surface area contributed by atoms with Gasteiger partial charge in [-0.05, 0) is 62.5 Å². The summed E-state index contributed by atoms with van der Waals surface area (Å²) >= 11 is 6.26. The number of halogens is 1. The molecule has 1 heterocycles. The number of nitrogen functional groups attached to an aromatic ring is 1. The fraction of sp³-hybridized carbons (Fsp3) is 0.300. The number of nitrogens with two attached hydrogens (primary N) is 1. The highest BCUT2D eigenvalue weighted by atomic mass is 35.5. The van der Waals surface area contributed by atoms with Gasteiger partial charge >= 0.3 is 5.97 Å². The highest BCUT2D eigenvalue weighted by Crippen LogP contribution is 2.38. The molecule has 0 spiro atoms. The van der Waals surface area contributed by atoms with Gasteiger partial charge < -0.3 is 40.7 Å². The van der Waals surface area contributed by atoms with E-state index in [0.29, 0.717) is 51.2 Å². The predicted molar refractivity (Wildman–Crippen MR) is 165 cm³/mol. The average molecular weight is 595 g/mol. The number of piperazine rings is 1. The Morgan fingerprint density at radius 3 is 2.40 bits per heavy atom. The van der Waals surface area contributed by atoms with Gasteiger partial charge in [-0.25, -0.2) is 4.79 Å². The Morgan fingerprint density at radius 2 is 1.76 bits per heavy atom. The molecule has 0 saturated carbocycles. The standard InChI is InChI=1S/C30H35ClN6O5/c1-3-41-26-16-23(37-12-10-36(2)11-13-37)14-20(28(26)42-18-27(38)39)17-34-25-9-6-21(31)15-24(25)30(40)35-22-7-4-19(5-8-22)29(32)33/h4-9,14-16,34H,3,10-13,17-18H2,1-2H3,(H3,32,33)(H,35,40)(H,38,39). The molecule has 0 bridgehead atoms. The summed E-state index contributed by atoms with van der Waals surface area (Å²) in [4.78, 5) is 29.2. The zero-order chi connectivity index (χ0) is 30.2. The van der Waals surface area contributed by atoms with Gasteiger partial charge in [0.15, 0.2) is 18.1 Å². The molecule has 0 aromatic heterocycles. The number of carboxylic acids is 1. The van der Waals surface area contributed by atoms with Gasteiger partial charge in [0.05, 0.1) is 12.2 Å². The third kappa shape index (κ3) is 7.83. The first-order valence-corrected chi connectivity index (χ1v) is 13.9. The second-order valence-corrected chi connectivity index (χ2v) is 10.3. The van der Waals surface area contributed by atoms with Crippen LogP contribution in [0.5, 0.6) is 11.5 Å². The Balaban J connectivity index is 1.63. The molecular formula is C30H35ClN6O5.